The van der Waals surface area contributed by atoms with Crippen LogP contribution >= 0.6 is 23.7 Å². The van der Waals surface area contributed by atoms with Crippen molar-refractivity contribution in [2.75, 3.05) is 18.0 Å². The monoisotopic (exact) mass is 482 g/mol. The maximum atomic E-state index is 12.8. The number of aliphatic hydroxyl groups excluding tert-OH is 1. The minimum absolute atomic E-state index is 0.127. The molecule has 2 aliphatic rings. The number of nitrogens with zero attached hydrogens (tertiary/aromatic N) is 3. The Hall–Kier alpha value is -1.69. The number of alkyl halides is 2. The molecule has 0 aromatic carbocycles. The number of nitrogens with one attached hydrogen (secondary N) is 3. The quantitative estimate of drug-likeness (QED) is 0.265. The van der Waals surface area contributed by atoms with Gasteiger partial charge in [0.2, 0.25) is 0 Å². The number of piperidine rings is 1. The SMILES string of the molecule is CC(O)C1CCN(c2cc(SNC3(C)CC3)cn3c(C(=N)SC(=N)C(F)F)ncc23)CC1. The Balaban J connectivity index is 1.66. The lowest BCUT2D eigenvalue weighted by Gasteiger charge is -2.35. The predicted octanol–water partition coefficient (Wildman–Crippen LogP) is 4.38. The van der Waals surface area contributed by atoms with E-state index in [0.717, 1.165) is 54.9 Å². The number of anilines is 1. The molecule has 32 heavy (non-hydrogen) atoms. The molecule has 1 saturated carbocycles. The van der Waals surface area contributed by atoms with Crippen LogP contribution in [0.25, 0.3) is 5.52 Å². The summed E-state index contributed by atoms with van der Waals surface area (Å²) >= 11 is 1.95. The third-order valence-corrected chi connectivity index (χ3v) is 8.02. The number of aliphatic hydroxyl groups is 1. The molecule has 11 heteroatoms. The van der Waals surface area contributed by atoms with Crippen molar-refractivity contribution in [1.29, 1.82) is 10.8 Å². The number of thioether (sulfide) groups is 1. The smallest absolute Gasteiger partial charge is 0.285 e. The molecule has 0 amide bonds. The largest absolute Gasteiger partial charge is 0.393 e. The highest BCUT2D eigenvalue weighted by atomic mass is 32.2. The Kier molecular flexibility index (Phi) is 6.81. The normalized spacial score (nSPS) is 19.5. The molecule has 1 unspecified atom stereocenters. The van der Waals surface area contributed by atoms with Crippen molar-refractivity contribution < 1.29 is 13.9 Å². The third kappa shape index (κ3) is 5.11. The summed E-state index contributed by atoms with van der Waals surface area (Å²) in [6.45, 7) is 5.61. The summed E-state index contributed by atoms with van der Waals surface area (Å²) in [6, 6.07) is 2.10. The van der Waals surface area contributed by atoms with Crippen molar-refractivity contribution in [3.05, 3.63) is 24.3 Å². The molecule has 2 aromatic rings. The second-order valence-corrected chi connectivity index (χ2v) is 10.8. The van der Waals surface area contributed by atoms with Gasteiger partial charge in [0.1, 0.15) is 10.1 Å². The van der Waals surface area contributed by atoms with Gasteiger partial charge in [-0.3, -0.25) is 19.9 Å². The molecule has 1 aliphatic carbocycles. The lowest BCUT2D eigenvalue weighted by molar-refractivity contribution is 0.110. The minimum Gasteiger partial charge on any atom is -0.393 e. The average Bonchev–Trinajstić information content (AvgIpc) is 3.34. The number of hydrogen-bond acceptors (Lipinski definition) is 8. The van der Waals surface area contributed by atoms with E-state index in [1.54, 1.807) is 10.6 Å². The first-order valence-corrected chi connectivity index (χ1v) is 12.3. The van der Waals surface area contributed by atoms with Gasteiger partial charge in [-0.05, 0) is 75.2 Å². The van der Waals surface area contributed by atoms with Gasteiger partial charge in [0, 0.05) is 29.7 Å². The maximum absolute atomic E-state index is 12.8. The van der Waals surface area contributed by atoms with E-state index in [2.05, 4.69) is 27.6 Å². The van der Waals surface area contributed by atoms with E-state index < -0.39 is 11.5 Å². The van der Waals surface area contributed by atoms with Crippen molar-refractivity contribution >= 4 is 45.0 Å². The van der Waals surface area contributed by atoms with Gasteiger partial charge in [-0.15, -0.1) is 0 Å². The fourth-order valence-electron chi connectivity index (χ4n) is 3.83. The average molecular weight is 483 g/mol. The Morgan fingerprint density at radius 3 is 2.59 bits per heavy atom. The van der Waals surface area contributed by atoms with Gasteiger partial charge in [0.05, 0.1) is 23.5 Å². The standard InChI is InChI=1S/C21H28F2N6OS2/c1-12(30)13-3-7-28(8-4-13)15-9-14(32-27-21(2)5-6-21)11-29-16(15)10-26-20(29)19(25)31-18(24)17(22)23/h9-13,17,24-25,27,30H,3-8H2,1-2H3. The molecule has 2 aromatic heterocycles. The number of fused-ring (bicyclic) bond motifs is 1. The van der Waals surface area contributed by atoms with Crippen LogP contribution in [0.2, 0.25) is 0 Å². The number of aromatic nitrogens is 2. The summed E-state index contributed by atoms with van der Waals surface area (Å²) in [4.78, 5) is 7.56. The number of hydrogen-bond donors (Lipinski definition) is 4. The second-order valence-electron chi connectivity index (χ2n) is 8.82. The zero-order chi connectivity index (χ0) is 23.0. The van der Waals surface area contributed by atoms with Crippen LogP contribution in [0, 0.1) is 16.7 Å². The van der Waals surface area contributed by atoms with Gasteiger partial charge in [-0.1, -0.05) is 0 Å². The van der Waals surface area contributed by atoms with Gasteiger partial charge in [-0.2, -0.15) is 0 Å². The molecular weight excluding hydrogens is 454 g/mol. The number of halogens is 2. The summed E-state index contributed by atoms with van der Waals surface area (Å²) in [5, 5.41) is 24.6. The molecule has 2 fully saturated rings. The Labute approximate surface area is 194 Å². The molecule has 3 heterocycles. The molecule has 174 valence electrons. The van der Waals surface area contributed by atoms with Gasteiger partial charge < -0.3 is 10.0 Å². The van der Waals surface area contributed by atoms with Crippen LogP contribution in [0.4, 0.5) is 14.5 Å². The number of rotatable bonds is 7. The van der Waals surface area contributed by atoms with Gasteiger partial charge in [0.15, 0.2) is 5.82 Å². The number of pyridine rings is 1. The zero-order valence-corrected chi connectivity index (χ0v) is 19.7. The van der Waals surface area contributed by atoms with Crippen molar-refractivity contribution in [2.24, 2.45) is 5.92 Å². The Morgan fingerprint density at radius 1 is 1.31 bits per heavy atom. The van der Waals surface area contributed by atoms with Crippen LogP contribution in [0.15, 0.2) is 23.4 Å². The van der Waals surface area contributed by atoms with E-state index in [1.165, 1.54) is 11.9 Å². The molecule has 1 aliphatic heterocycles. The van der Waals surface area contributed by atoms with Gasteiger partial charge in [-0.25, -0.2) is 13.8 Å². The molecule has 0 bridgehead atoms. The second kappa shape index (κ2) is 9.28. The highest BCUT2D eigenvalue weighted by Crippen LogP contribution is 2.39. The highest BCUT2D eigenvalue weighted by molar-refractivity contribution is 8.26. The van der Waals surface area contributed by atoms with Crippen LogP contribution < -0.4 is 9.62 Å². The summed E-state index contributed by atoms with van der Waals surface area (Å²) < 4.78 is 30.9. The number of imidazole rings is 1. The summed E-state index contributed by atoms with van der Waals surface area (Å²) in [5.41, 5.74) is 1.90. The zero-order valence-electron chi connectivity index (χ0n) is 18.1. The summed E-state index contributed by atoms with van der Waals surface area (Å²) in [6.07, 6.45) is 4.31. The third-order valence-electron chi connectivity index (χ3n) is 6.19. The highest BCUT2D eigenvalue weighted by Gasteiger charge is 2.37. The molecule has 0 radical (unpaired) electrons. The lowest BCUT2D eigenvalue weighted by atomic mass is 9.92. The van der Waals surface area contributed by atoms with Crippen LogP contribution in [-0.4, -0.2) is 55.7 Å². The maximum Gasteiger partial charge on any atom is 0.285 e. The van der Waals surface area contributed by atoms with Crippen molar-refractivity contribution in [3.8, 4) is 0 Å². The van der Waals surface area contributed by atoms with E-state index in [1.807, 2.05) is 13.1 Å². The van der Waals surface area contributed by atoms with Gasteiger partial charge in [0.25, 0.3) is 6.43 Å². The molecule has 0 spiro atoms. The van der Waals surface area contributed by atoms with Gasteiger partial charge >= 0.3 is 0 Å². The molecular formula is C21H28F2N6OS2. The van der Waals surface area contributed by atoms with E-state index in [0.29, 0.717) is 11.8 Å². The Bertz CT molecular complexity index is 1020. The first-order chi connectivity index (χ1) is 15.2. The van der Waals surface area contributed by atoms with Crippen LogP contribution in [0.5, 0.6) is 0 Å². The van der Waals surface area contributed by atoms with E-state index in [4.69, 9.17) is 10.8 Å². The molecule has 1 atom stereocenters. The topological polar surface area (TPSA) is 100 Å². The van der Waals surface area contributed by atoms with Crippen molar-refractivity contribution in [1.82, 2.24) is 14.1 Å². The molecule has 1 saturated heterocycles. The molecule has 4 N–H and O–H groups in total. The summed E-state index contributed by atoms with van der Waals surface area (Å²) in [7, 11) is 0. The Morgan fingerprint density at radius 2 is 2.00 bits per heavy atom. The van der Waals surface area contributed by atoms with Crippen LogP contribution in [-0.2, 0) is 0 Å². The molecule has 4 rings (SSSR count). The van der Waals surface area contributed by atoms with E-state index in [9.17, 15) is 13.9 Å². The van der Waals surface area contributed by atoms with Crippen molar-refractivity contribution in [3.63, 3.8) is 0 Å². The first kappa shape index (κ1) is 23.5. The molecule has 7 nitrogen and oxygen atoms in total. The fourth-order valence-corrected chi connectivity index (χ4v) is 5.27. The van der Waals surface area contributed by atoms with Crippen LogP contribution in [0.3, 0.4) is 0 Å². The van der Waals surface area contributed by atoms with E-state index in [-0.39, 0.29) is 28.4 Å². The minimum atomic E-state index is -2.91. The fraction of sp³-hybridized carbons (Fsp3) is 0.571. The summed E-state index contributed by atoms with van der Waals surface area (Å²) in [5.74, 6) is 0.525. The van der Waals surface area contributed by atoms with Crippen LogP contribution in [0.1, 0.15) is 45.4 Å². The predicted molar refractivity (Wildman–Crippen MR) is 127 cm³/mol. The lowest BCUT2D eigenvalue weighted by Crippen LogP contribution is -2.37. The van der Waals surface area contributed by atoms with E-state index >= 15 is 0 Å². The van der Waals surface area contributed by atoms with Crippen molar-refractivity contribution in [2.45, 2.75) is 62.5 Å². The first-order valence-electron chi connectivity index (χ1n) is 10.7.